The van der Waals surface area contributed by atoms with Crippen molar-refractivity contribution in [2.24, 2.45) is 5.10 Å². The van der Waals surface area contributed by atoms with E-state index in [4.69, 9.17) is 37.4 Å². The molecule has 0 saturated carbocycles. The van der Waals surface area contributed by atoms with Crippen LogP contribution in [0.3, 0.4) is 0 Å². The summed E-state index contributed by atoms with van der Waals surface area (Å²) in [7, 11) is 1.53. The van der Waals surface area contributed by atoms with Crippen molar-refractivity contribution in [1.82, 2.24) is 10.4 Å². The van der Waals surface area contributed by atoms with Crippen molar-refractivity contribution in [3.63, 3.8) is 0 Å². The van der Waals surface area contributed by atoms with E-state index in [9.17, 15) is 4.79 Å². The van der Waals surface area contributed by atoms with Gasteiger partial charge in [0.2, 0.25) is 0 Å². The number of carbonyl (C=O) groups excluding carboxylic acids is 1. The molecule has 1 N–H and O–H groups in total. The molecule has 1 amide bonds. The van der Waals surface area contributed by atoms with Crippen molar-refractivity contribution in [2.75, 3.05) is 13.7 Å². The van der Waals surface area contributed by atoms with E-state index < -0.39 is 5.91 Å². The molecule has 1 aromatic heterocycles. The van der Waals surface area contributed by atoms with Crippen molar-refractivity contribution >= 4 is 78.1 Å². The molecule has 3 aromatic carbocycles. The first-order chi connectivity index (χ1) is 17.9. The van der Waals surface area contributed by atoms with Gasteiger partial charge in [0, 0.05) is 21.6 Å². The van der Waals surface area contributed by atoms with Gasteiger partial charge in [-0.3, -0.25) is 9.78 Å². The van der Waals surface area contributed by atoms with Crippen molar-refractivity contribution in [3.8, 4) is 17.2 Å². The quantitative estimate of drug-likeness (QED) is 0.151. The van der Waals surface area contributed by atoms with Gasteiger partial charge in [0.25, 0.3) is 5.91 Å². The van der Waals surface area contributed by atoms with Gasteiger partial charge in [0.05, 0.1) is 27.8 Å². The second-order valence-corrected chi connectivity index (χ2v) is 9.98. The fourth-order valence-electron chi connectivity index (χ4n) is 3.31. The average molecular weight is 668 g/mol. The minimum atomic E-state index is -0.423. The molecule has 0 bridgehead atoms. The monoisotopic (exact) mass is 665 g/mol. The molecular weight excluding hydrogens is 649 g/mol. The van der Waals surface area contributed by atoms with E-state index in [0.29, 0.717) is 47.3 Å². The standard InChI is InChI=1S/C26H19Br2Cl2N3O4/c1-35-21-11-17(23(27)24(28)26(21)37-13-15-7-8-18(29)19(30)10-15)12-32-33-22(34)14-36-20-6-2-4-16-5-3-9-31-25(16)20/h2-12H,13-14H2,1H3,(H,33,34)/b32-12-. The summed E-state index contributed by atoms with van der Waals surface area (Å²) in [4.78, 5) is 16.6. The summed E-state index contributed by atoms with van der Waals surface area (Å²) in [6.45, 7) is 0.0245. The Labute approximate surface area is 240 Å². The van der Waals surface area contributed by atoms with E-state index in [-0.39, 0.29) is 13.2 Å². The topological polar surface area (TPSA) is 82.0 Å². The molecule has 7 nitrogen and oxygen atoms in total. The third-order valence-electron chi connectivity index (χ3n) is 5.09. The van der Waals surface area contributed by atoms with Crippen LogP contribution in [0.15, 0.2) is 74.8 Å². The fourth-order valence-corrected chi connectivity index (χ4v) is 4.57. The first-order valence-corrected chi connectivity index (χ1v) is 13.1. The van der Waals surface area contributed by atoms with Crippen LogP contribution in [0.1, 0.15) is 11.1 Å². The molecule has 4 aromatic rings. The van der Waals surface area contributed by atoms with E-state index in [0.717, 1.165) is 10.9 Å². The van der Waals surface area contributed by atoms with Crippen molar-refractivity contribution < 1.29 is 19.0 Å². The van der Waals surface area contributed by atoms with Gasteiger partial charge < -0.3 is 14.2 Å². The lowest BCUT2D eigenvalue weighted by Crippen LogP contribution is -2.24. The Bertz CT molecular complexity index is 1480. The zero-order valence-corrected chi connectivity index (χ0v) is 24.0. The Balaban J connectivity index is 1.40. The molecule has 0 aliphatic carbocycles. The fraction of sp³-hybridized carbons (Fsp3) is 0.115. The van der Waals surface area contributed by atoms with Crippen LogP contribution in [-0.4, -0.2) is 30.8 Å². The summed E-state index contributed by atoms with van der Waals surface area (Å²) in [5.74, 6) is 1.05. The normalized spacial score (nSPS) is 11.1. The van der Waals surface area contributed by atoms with Crippen LogP contribution >= 0.6 is 55.1 Å². The van der Waals surface area contributed by atoms with E-state index >= 15 is 0 Å². The Morgan fingerprint density at radius 2 is 1.84 bits per heavy atom. The molecular formula is C26H19Br2Cl2N3O4. The second kappa shape index (κ2) is 12.6. The number of amides is 1. The number of ether oxygens (including phenoxy) is 3. The number of carbonyl (C=O) groups is 1. The molecule has 0 unspecified atom stereocenters. The smallest absolute Gasteiger partial charge is 0.277 e. The van der Waals surface area contributed by atoms with Crippen LogP contribution < -0.4 is 19.6 Å². The van der Waals surface area contributed by atoms with Gasteiger partial charge in [-0.05, 0) is 67.8 Å². The van der Waals surface area contributed by atoms with Crippen LogP contribution in [0.25, 0.3) is 10.9 Å². The Morgan fingerprint density at radius 1 is 1.03 bits per heavy atom. The number of fused-ring (bicyclic) bond motifs is 1. The molecule has 0 aliphatic rings. The van der Waals surface area contributed by atoms with E-state index in [1.807, 2.05) is 30.3 Å². The molecule has 0 atom stereocenters. The Hall–Kier alpha value is -2.85. The highest BCUT2D eigenvalue weighted by Crippen LogP contribution is 2.42. The number of halogens is 4. The first-order valence-electron chi connectivity index (χ1n) is 10.8. The number of para-hydroxylation sites is 1. The van der Waals surface area contributed by atoms with Crippen molar-refractivity contribution in [2.45, 2.75) is 6.61 Å². The molecule has 0 saturated heterocycles. The van der Waals surface area contributed by atoms with Crippen LogP contribution in [0.4, 0.5) is 0 Å². The molecule has 0 radical (unpaired) electrons. The number of benzene rings is 3. The lowest BCUT2D eigenvalue weighted by molar-refractivity contribution is -0.123. The highest BCUT2D eigenvalue weighted by molar-refractivity contribution is 9.13. The second-order valence-electron chi connectivity index (χ2n) is 7.58. The summed E-state index contributed by atoms with van der Waals surface area (Å²) >= 11 is 19.2. The maximum Gasteiger partial charge on any atom is 0.277 e. The molecule has 37 heavy (non-hydrogen) atoms. The minimum absolute atomic E-state index is 0.220. The zero-order chi connectivity index (χ0) is 26.4. The highest BCUT2D eigenvalue weighted by atomic mass is 79.9. The molecule has 190 valence electrons. The number of methoxy groups -OCH3 is 1. The van der Waals surface area contributed by atoms with E-state index in [1.165, 1.54) is 13.3 Å². The number of hydrazone groups is 1. The predicted octanol–water partition coefficient (Wildman–Crippen LogP) is 7.18. The number of nitrogens with one attached hydrogen (secondary N) is 1. The van der Waals surface area contributed by atoms with Crippen LogP contribution in [0.2, 0.25) is 10.0 Å². The summed E-state index contributed by atoms with van der Waals surface area (Å²) in [6.07, 6.45) is 3.16. The number of hydrogen-bond donors (Lipinski definition) is 1. The van der Waals surface area contributed by atoms with E-state index in [2.05, 4.69) is 47.4 Å². The lowest BCUT2D eigenvalue weighted by atomic mass is 10.2. The SMILES string of the molecule is COc1cc(/C=N\NC(=O)COc2cccc3cccnc23)c(Br)c(Br)c1OCc1ccc(Cl)c(Cl)c1. The van der Waals surface area contributed by atoms with Gasteiger partial charge in [0.1, 0.15) is 17.9 Å². The molecule has 1 heterocycles. The van der Waals surface area contributed by atoms with Gasteiger partial charge in [0.15, 0.2) is 18.1 Å². The van der Waals surface area contributed by atoms with Crippen molar-refractivity contribution in [3.05, 3.63) is 90.9 Å². The van der Waals surface area contributed by atoms with Gasteiger partial charge in [-0.1, -0.05) is 47.5 Å². The Kier molecular flexibility index (Phi) is 9.26. The number of aromatic nitrogens is 1. The van der Waals surface area contributed by atoms with Gasteiger partial charge in [-0.15, -0.1) is 0 Å². The number of nitrogens with zero attached hydrogens (tertiary/aromatic N) is 2. The highest BCUT2D eigenvalue weighted by Gasteiger charge is 2.17. The van der Waals surface area contributed by atoms with Gasteiger partial charge >= 0.3 is 0 Å². The molecule has 0 spiro atoms. The van der Waals surface area contributed by atoms with E-state index in [1.54, 1.807) is 30.5 Å². The van der Waals surface area contributed by atoms with Crippen molar-refractivity contribution in [1.29, 1.82) is 0 Å². The summed E-state index contributed by atoms with van der Waals surface area (Å²) in [6, 6.07) is 16.3. The third kappa shape index (κ3) is 6.73. The maximum absolute atomic E-state index is 12.3. The summed E-state index contributed by atoms with van der Waals surface area (Å²) in [5, 5.41) is 5.88. The molecule has 4 rings (SSSR count). The summed E-state index contributed by atoms with van der Waals surface area (Å²) < 4.78 is 18.4. The predicted molar refractivity (Wildman–Crippen MR) is 152 cm³/mol. The minimum Gasteiger partial charge on any atom is -0.493 e. The summed E-state index contributed by atoms with van der Waals surface area (Å²) in [5.41, 5.74) is 4.63. The van der Waals surface area contributed by atoms with Crippen LogP contribution in [0, 0.1) is 0 Å². The first kappa shape index (κ1) is 27.2. The number of pyridine rings is 1. The maximum atomic E-state index is 12.3. The van der Waals surface area contributed by atoms with Gasteiger partial charge in [-0.25, -0.2) is 5.43 Å². The molecule has 0 aliphatic heterocycles. The molecule has 11 heteroatoms. The Morgan fingerprint density at radius 3 is 2.62 bits per heavy atom. The lowest BCUT2D eigenvalue weighted by Gasteiger charge is -2.15. The van der Waals surface area contributed by atoms with Crippen LogP contribution in [0.5, 0.6) is 17.2 Å². The third-order valence-corrected chi connectivity index (χ3v) is 7.97. The average Bonchev–Trinajstić information content (AvgIpc) is 2.91. The van der Waals surface area contributed by atoms with Gasteiger partial charge in [-0.2, -0.15) is 5.10 Å². The molecule has 0 fully saturated rings. The largest absolute Gasteiger partial charge is 0.493 e. The van der Waals surface area contributed by atoms with Crippen LogP contribution in [-0.2, 0) is 11.4 Å². The zero-order valence-electron chi connectivity index (χ0n) is 19.3. The number of hydrogen-bond acceptors (Lipinski definition) is 6. The number of rotatable bonds is 9.